The molecule has 0 aromatic carbocycles. The number of hydrogen-bond donors (Lipinski definition) is 2. The van der Waals surface area contributed by atoms with E-state index in [-0.39, 0.29) is 11.6 Å². The van der Waals surface area contributed by atoms with Crippen molar-refractivity contribution >= 4 is 10.0 Å². The first-order chi connectivity index (χ1) is 8.90. The second kappa shape index (κ2) is 7.04. The molecule has 3 N–H and O–H groups in total. The van der Waals surface area contributed by atoms with Gasteiger partial charge in [-0.2, -0.15) is 0 Å². The zero-order valence-electron chi connectivity index (χ0n) is 11.7. The van der Waals surface area contributed by atoms with Crippen LogP contribution in [-0.4, -0.2) is 39.5 Å². The highest BCUT2D eigenvalue weighted by Gasteiger charge is 2.18. The second-order valence-corrected chi connectivity index (χ2v) is 6.26. The van der Waals surface area contributed by atoms with Crippen molar-refractivity contribution in [2.45, 2.75) is 37.9 Å². The van der Waals surface area contributed by atoms with Gasteiger partial charge in [0.05, 0.1) is 6.54 Å². The molecule has 19 heavy (non-hydrogen) atoms. The van der Waals surface area contributed by atoms with Gasteiger partial charge in [-0.25, -0.2) is 13.1 Å². The Bertz CT molecular complexity index is 484. The van der Waals surface area contributed by atoms with E-state index in [1.165, 1.54) is 6.07 Å². The summed E-state index contributed by atoms with van der Waals surface area (Å²) in [6.45, 7) is 5.39. The first kappa shape index (κ1) is 16.2. The van der Waals surface area contributed by atoms with Gasteiger partial charge in [-0.3, -0.25) is 0 Å². The summed E-state index contributed by atoms with van der Waals surface area (Å²) < 4.78 is 31.5. The Kier molecular flexibility index (Phi) is 5.99. The van der Waals surface area contributed by atoms with Gasteiger partial charge in [0.15, 0.2) is 0 Å². The fourth-order valence-electron chi connectivity index (χ4n) is 1.57. The number of nitrogens with zero attached hydrogens (tertiary/aromatic N) is 1. The molecule has 0 fully saturated rings. The van der Waals surface area contributed by atoms with Crippen LogP contribution in [0, 0.1) is 0 Å². The summed E-state index contributed by atoms with van der Waals surface area (Å²) in [5.74, 6) is 0.456. The molecule has 0 amide bonds. The average Bonchev–Trinajstić information content (AvgIpc) is 2.86. The molecule has 6 nitrogen and oxygen atoms in total. The van der Waals surface area contributed by atoms with Crippen molar-refractivity contribution in [2.24, 2.45) is 5.73 Å². The first-order valence-corrected chi connectivity index (χ1v) is 7.87. The molecule has 0 aliphatic heterocycles. The molecule has 0 saturated carbocycles. The molecule has 1 atom stereocenters. The number of sulfonamides is 1. The molecule has 1 rings (SSSR count). The van der Waals surface area contributed by atoms with Gasteiger partial charge in [0.25, 0.3) is 10.0 Å². The van der Waals surface area contributed by atoms with Crippen LogP contribution in [0.25, 0.3) is 0 Å². The Balaban J connectivity index is 2.52. The molecular formula is C12H23N3O3S. The summed E-state index contributed by atoms with van der Waals surface area (Å²) in [5, 5.41) is -0.0841. The molecule has 7 heteroatoms. The molecule has 0 radical (unpaired) electrons. The Labute approximate surface area is 115 Å². The molecular weight excluding hydrogens is 266 g/mol. The molecule has 110 valence electrons. The largest absolute Gasteiger partial charge is 0.447 e. The lowest BCUT2D eigenvalue weighted by molar-refractivity contribution is 0.256. The molecule has 0 aliphatic carbocycles. The van der Waals surface area contributed by atoms with Crippen LogP contribution in [-0.2, 0) is 16.6 Å². The molecule has 1 heterocycles. The van der Waals surface area contributed by atoms with E-state index in [0.29, 0.717) is 24.9 Å². The number of hydrogen-bond acceptors (Lipinski definition) is 5. The lowest BCUT2D eigenvalue weighted by atomic mass is 10.2. The summed E-state index contributed by atoms with van der Waals surface area (Å²) in [5.41, 5.74) is 5.38. The van der Waals surface area contributed by atoms with E-state index in [2.05, 4.69) is 23.5 Å². The fourth-order valence-corrected chi connectivity index (χ4v) is 2.54. The van der Waals surface area contributed by atoms with Crippen LogP contribution in [0.3, 0.4) is 0 Å². The predicted molar refractivity (Wildman–Crippen MR) is 74.2 cm³/mol. The van der Waals surface area contributed by atoms with Gasteiger partial charge >= 0.3 is 0 Å². The topological polar surface area (TPSA) is 88.6 Å². The molecule has 0 bridgehead atoms. The van der Waals surface area contributed by atoms with Gasteiger partial charge in [0.2, 0.25) is 5.09 Å². The van der Waals surface area contributed by atoms with Crippen molar-refractivity contribution in [3.8, 4) is 0 Å². The molecule has 1 unspecified atom stereocenters. The SMILES string of the molecule is CCC(C)N(C)CCNS(=O)(=O)c1ccc(CN)o1. The third-order valence-corrected chi connectivity index (χ3v) is 4.54. The summed E-state index contributed by atoms with van der Waals surface area (Å²) in [6, 6.07) is 3.42. The van der Waals surface area contributed by atoms with Crippen molar-refractivity contribution in [1.82, 2.24) is 9.62 Å². The molecule has 0 spiro atoms. The average molecular weight is 289 g/mol. The van der Waals surface area contributed by atoms with Crippen LogP contribution in [0.15, 0.2) is 21.6 Å². The van der Waals surface area contributed by atoms with E-state index < -0.39 is 10.0 Å². The minimum absolute atomic E-state index is 0.0841. The highest BCUT2D eigenvalue weighted by molar-refractivity contribution is 7.89. The Morgan fingerprint density at radius 1 is 1.47 bits per heavy atom. The van der Waals surface area contributed by atoms with Crippen molar-refractivity contribution in [2.75, 3.05) is 20.1 Å². The van der Waals surface area contributed by atoms with Crippen LogP contribution in [0.4, 0.5) is 0 Å². The van der Waals surface area contributed by atoms with Crippen LogP contribution in [0.5, 0.6) is 0 Å². The quantitative estimate of drug-likeness (QED) is 0.737. The lowest BCUT2D eigenvalue weighted by Gasteiger charge is -2.23. The van der Waals surface area contributed by atoms with Gasteiger partial charge < -0.3 is 15.1 Å². The Morgan fingerprint density at radius 3 is 2.68 bits per heavy atom. The monoisotopic (exact) mass is 289 g/mol. The highest BCUT2D eigenvalue weighted by Crippen LogP contribution is 2.12. The van der Waals surface area contributed by atoms with Crippen molar-refractivity contribution < 1.29 is 12.8 Å². The number of likely N-dealkylation sites (N-methyl/N-ethyl adjacent to an activating group) is 1. The standard InChI is InChI=1S/C12H23N3O3S/c1-4-10(2)15(3)8-7-14-19(16,17)12-6-5-11(9-13)18-12/h5-6,10,14H,4,7-9,13H2,1-3H3. The number of nitrogens with two attached hydrogens (primary N) is 1. The Hall–Kier alpha value is -0.890. The van der Waals surface area contributed by atoms with Gasteiger partial charge in [-0.15, -0.1) is 0 Å². The predicted octanol–water partition coefficient (Wildman–Crippen LogP) is 0.747. The Morgan fingerprint density at radius 2 is 2.16 bits per heavy atom. The van der Waals surface area contributed by atoms with Gasteiger partial charge in [-0.1, -0.05) is 6.92 Å². The highest BCUT2D eigenvalue weighted by atomic mass is 32.2. The lowest BCUT2D eigenvalue weighted by Crippen LogP contribution is -2.36. The van der Waals surface area contributed by atoms with Gasteiger partial charge in [0.1, 0.15) is 5.76 Å². The van der Waals surface area contributed by atoms with Crippen molar-refractivity contribution in [3.05, 3.63) is 17.9 Å². The van der Waals surface area contributed by atoms with E-state index in [0.717, 1.165) is 6.42 Å². The van der Waals surface area contributed by atoms with E-state index in [1.807, 2.05) is 7.05 Å². The molecule has 0 aliphatic rings. The fraction of sp³-hybridized carbons (Fsp3) is 0.667. The zero-order valence-corrected chi connectivity index (χ0v) is 12.5. The van der Waals surface area contributed by atoms with Gasteiger partial charge in [0, 0.05) is 19.1 Å². The zero-order chi connectivity index (χ0) is 14.5. The summed E-state index contributed by atoms with van der Waals surface area (Å²) in [4.78, 5) is 2.11. The smallest absolute Gasteiger partial charge is 0.274 e. The number of furan rings is 1. The molecule has 1 aromatic rings. The van der Waals surface area contributed by atoms with Crippen molar-refractivity contribution in [3.63, 3.8) is 0 Å². The number of nitrogens with one attached hydrogen (secondary N) is 1. The summed E-state index contributed by atoms with van der Waals surface area (Å²) in [7, 11) is -1.60. The van der Waals surface area contributed by atoms with E-state index in [4.69, 9.17) is 10.2 Å². The maximum absolute atomic E-state index is 11.9. The van der Waals surface area contributed by atoms with Gasteiger partial charge in [-0.05, 0) is 32.5 Å². The minimum atomic E-state index is -3.58. The van der Waals surface area contributed by atoms with Crippen LogP contribution < -0.4 is 10.5 Å². The maximum Gasteiger partial charge on any atom is 0.274 e. The van der Waals surface area contributed by atoms with E-state index >= 15 is 0 Å². The molecule has 1 aromatic heterocycles. The van der Waals surface area contributed by atoms with E-state index in [9.17, 15) is 8.42 Å². The first-order valence-electron chi connectivity index (χ1n) is 6.39. The molecule has 0 saturated heterocycles. The van der Waals surface area contributed by atoms with Crippen molar-refractivity contribution in [1.29, 1.82) is 0 Å². The summed E-state index contributed by atoms with van der Waals surface area (Å²) >= 11 is 0. The summed E-state index contributed by atoms with van der Waals surface area (Å²) in [6.07, 6.45) is 1.03. The van der Waals surface area contributed by atoms with Crippen LogP contribution in [0.2, 0.25) is 0 Å². The third kappa shape index (κ3) is 4.61. The van der Waals surface area contributed by atoms with E-state index in [1.54, 1.807) is 6.07 Å². The number of rotatable bonds is 8. The third-order valence-electron chi connectivity index (χ3n) is 3.20. The van der Waals surface area contributed by atoms with Crippen LogP contribution in [0.1, 0.15) is 26.0 Å². The second-order valence-electron chi connectivity index (χ2n) is 4.56. The maximum atomic E-state index is 11.9. The minimum Gasteiger partial charge on any atom is -0.447 e. The van der Waals surface area contributed by atoms with Crippen LogP contribution >= 0.6 is 0 Å². The normalized spacial score (nSPS) is 13.9.